The Labute approximate surface area is 240 Å². The van der Waals surface area contributed by atoms with Crippen LogP contribution < -0.4 is 16.0 Å². The molecule has 1 aromatic carbocycles. The second kappa shape index (κ2) is 10.4. The standard InChI is InChI=1S/C31H40FN5O4/c1-30(2,3)25(36-27(39)20-13-19(20)18-8-6-7-9-22(18)32)29(41)37-15-21-23(31(21,4)5)24(37)28(40)35-17(14-33)12-16-10-11-34-26(16)38/h6-9,16-17,19-21,23-25H,10-13,15H2,1-5H3,(H,34,38)(H,35,40)(H,36,39)/t16-,17-,19-,20+,21-,23-,24-,25+/m0/s1. The maximum atomic E-state index is 14.3. The second-order valence-electron chi connectivity index (χ2n) is 13.9. The molecule has 0 spiro atoms. The summed E-state index contributed by atoms with van der Waals surface area (Å²) in [6, 6.07) is 6.04. The van der Waals surface area contributed by atoms with Crippen LogP contribution in [-0.2, 0) is 19.2 Å². The molecule has 0 bridgehead atoms. The summed E-state index contributed by atoms with van der Waals surface area (Å²) in [6.07, 6.45) is 1.35. The normalized spacial score (nSPS) is 30.9. The van der Waals surface area contributed by atoms with Crippen LogP contribution in [0.15, 0.2) is 24.3 Å². The Morgan fingerprint density at radius 2 is 1.90 bits per heavy atom. The first-order valence-electron chi connectivity index (χ1n) is 14.6. The van der Waals surface area contributed by atoms with Crippen LogP contribution in [0.25, 0.3) is 0 Å². The highest BCUT2D eigenvalue weighted by Gasteiger charge is 2.70. The zero-order valence-electron chi connectivity index (χ0n) is 24.4. The fourth-order valence-electron chi connectivity index (χ4n) is 7.04. The van der Waals surface area contributed by atoms with Gasteiger partial charge in [-0.2, -0.15) is 5.26 Å². The molecule has 0 unspecified atom stereocenters. The number of piperidine rings is 1. The number of carbonyl (C=O) groups excluding carboxylic acids is 4. The van der Waals surface area contributed by atoms with Crippen molar-refractivity contribution in [1.82, 2.24) is 20.9 Å². The predicted octanol–water partition coefficient (Wildman–Crippen LogP) is 2.48. The minimum atomic E-state index is -0.887. The molecule has 2 saturated heterocycles. The van der Waals surface area contributed by atoms with Gasteiger partial charge in [0.15, 0.2) is 0 Å². The quantitative estimate of drug-likeness (QED) is 0.446. The highest BCUT2D eigenvalue weighted by atomic mass is 19.1. The second-order valence-corrected chi connectivity index (χ2v) is 13.9. The van der Waals surface area contributed by atoms with Crippen molar-refractivity contribution in [1.29, 1.82) is 5.26 Å². The van der Waals surface area contributed by atoms with Gasteiger partial charge < -0.3 is 20.9 Å². The van der Waals surface area contributed by atoms with Crippen molar-refractivity contribution in [3.8, 4) is 6.07 Å². The van der Waals surface area contributed by atoms with Crippen LogP contribution in [0.3, 0.4) is 0 Å². The van der Waals surface area contributed by atoms with E-state index < -0.39 is 35.4 Å². The van der Waals surface area contributed by atoms with Gasteiger partial charge in [-0.25, -0.2) is 4.39 Å². The minimum absolute atomic E-state index is 0.0641. The Balaban J connectivity index is 1.30. The molecule has 1 aromatic rings. The lowest BCUT2D eigenvalue weighted by atomic mass is 9.85. The smallest absolute Gasteiger partial charge is 0.246 e. The van der Waals surface area contributed by atoms with Gasteiger partial charge in [0.05, 0.1) is 6.07 Å². The number of benzene rings is 1. The number of nitrogens with one attached hydrogen (secondary N) is 3. The number of carbonyl (C=O) groups is 4. The maximum absolute atomic E-state index is 14.3. The molecule has 4 amide bonds. The van der Waals surface area contributed by atoms with Gasteiger partial charge in [0.1, 0.15) is 23.9 Å². The minimum Gasteiger partial charge on any atom is -0.356 e. The fourth-order valence-corrected chi connectivity index (χ4v) is 7.04. The molecule has 2 saturated carbocycles. The average molecular weight is 566 g/mol. The lowest BCUT2D eigenvalue weighted by molar-refractivity contribution is -0.145. The van der Waals surface area contributed by atoms with E-state index in [1.54, 1.807) is 23.1 Å². The predicted molar refractivity (Wildman–Crippen MR) is 148 cm³/mol. The number of fused-ring (bicyclic) bond motifs is 1. The third-order valence-electron chi connectivity index (χ3n) is 9.75. The van der Waals surface area contributed by atoms with Crippen LogP contribution in [0.2, 0.25) is 0 Å². The molecule has 10 heteroatoms. The monoisotopic (exact) mass is 565 g/mol. The maximum Gasteiger partial charge on any atom is 0.246 e. The summed E-state index contributed by atoms with van der Waals surface area (Å²) in [5.41, 5.74) is -0.274. The largest absolute Gasteiger partial charge is 0.356 e. The van der Waals surface area contributed by atoms with Crippen molar-refractivity contribution in [3.05, 3.63) is 35.6 Å². The van der Waals surface area contributed by atoms with E-state index in [0.717, 1.165) is 0 Å². The summed E-state index contributed by atoms with van der Waals surface area (Å²) in [5.74, 6) is -2.39. The van der Waals surface area contributed by atoms with E-state index in [2.05, 4.69) is 35.9 Å². The Kier molecular flexibility index (Phi) is 7.37. The number of halogens is 1. The molecule has 4 fully saturated rings. The molecule has 220 valence electrons. The number of hydrogen-bond donors (Lipinski definition) is 3. The van der Waals surface area contributed by atoms with E-state index in [1.165, 1.54) is 6.07 Å². The van der Waals surface area contributed by atoms with E-state index in [4.69, 9.17) is 0 Å². The lowest BCUT2D eigenvalue weighted by Gasteiger charge is -2.38. The van der Waals surface area contributed by atoms with Gasteiger partial charge in [-0.15, -0.1) is 0 Å². The lowest BCUT2D eigenvalue weighted by Crippen LogP contribution is -2.60. The van der Waals surface area contributed by atoms with Crippen LogP contribution in [0.4, 0.5) is 4.39 Å². The zero-order chi connectivity index (χ0) is 29.9. The fraction of sp³-hybridized carbons (Fsp3) is 0.645. The summed E-state index contributed by atoms with van der Waals surface area (Å²) in [7, 11) is 0. The van der Waals surface area contributed by atoms with Gasteiger partial charge in [-0.1, -0.05) is 52.8 Å². The molecule has 8 atom stereocenters. The molecule has 2 aliphatic carbocycles. The Morgan fingerprint density at radius 1 is 1.20 bits per heavy atom. The number of nitrogens with zero attached hydrogens (tertiary/aromatic N) is 2. The highest BCUT2D eigenvalue weighted by Crippen LogP contribution is 2.65. The number of amides is 4. The highest BCUT2D eigenvalue weighted by molar-refractivity contribution is 5.95. The van der Waals surface area contributed by atoms with E-state index in [1.807, 2.05) is 20.8 Å². The van der Waals surface area contributed by atoms with Crippen LogP contribution in [0, 0.1) is 51.6 Å². The SMILES string of the molecule is CC(C)(C)[C@H](NC(=O)[C@@H]1C[C@H]1c1ccccc1F)C(=O)N1C[C@H]2[C@@H]([C@H]1C(=O)N[C@H](C#N)C[C@@H]1CCNC1=O)C2(C)C. The molecular formula is C31H40FN5O4. The van der Waals surface area contributed by atoms with E-state index >= 15 is 0 Å². The molecule has 5 rings (SSSR count). The summed E-state index contributed by atoms with van der Waals surface area (Å²) in [6.45, 7) is 10.7. The van der Waals surface area contributed by atoms with Crippen LogP contribution in [-0.4, -0.2) is 59.7 Å². The molecule has 2 heterocycles. The third kappa shape index (κ3) is 5.43. The Morgan fingerprint density at radius 3 is 2.51 bits per heavy atom. The molecule has 3 N–H and O–H groups in total. The number of likely N-dealkylation sites (tertiary alicyclic amines) is 1. The van der Waals surface area contributed by atoms with Crippen molar-refractivity contribution < 1.29 is 23.6 Å². The van der Waals surface area contributed by atoms with Crippen molar-refractivity contribution in [2.75, 3.05) is 13.1 Å². The molecule has 4 aliphatic rings. The van der Waals surface area contributed by atoms with Crippen molar-refractivity contribution in [2.45, 2.75) is 77.9 Å². The van der Waals surface area contributed by atoms with Gasteiger partial charge >= 0.3 is 0 Å². The summed E-state index contributed by atoms with van der Waals surface area (Å²) in [4.78, 5) is 54.7. The van der Waals surface area contributed by atoms with Gasteiger partial charge in [0.25, 0.3) is 0 Å². The number of hydrogen-bond acceptors (Lipinski definition) is 5. The van der Waals surface area contributed by atoms with Crippen LogP contribution >= 0.6 is 0 Å². The summed E-state index contributed by atoms with van der Waals surface area (Å²) >= 11 is 0. The molecule has 0 aromatic heterocycles. The van der Waals surface area contributed by atoms with Crippen molar-refractivity contribution >= 4 is 23.6 Å². The summed E-state index contributed by atoms with van der Waals surface area (Å²) < 4.78 is 14.3. The zero-order valence-corrected chi connectivity index (χ0v) is 24.4. The molecule has 2 aliphatic heterocycles. The molecule has 9 nitrogen and oxygen atoms in total. The van der Waals surface area contributed by atoms with E-state index in [0.29, 0.717) is 31.5 Å². The van der Waals surface area contributed by atoms with Crippen molar-refractivity contribution in [2.24, 2.45) is 34.5 Å². The first-order chi connectivity index (χ1) is 19.3. The number of nitriles is 1. The summed E-state index contributed by atoms with van der Waals surface area (Å²) in [5, 5.41) is 18.3. The van der Waals surface area contributed by atoms with Gasteiger partial charge in [-0.05, 0) is 59.5 Å². The van der Waals surface area contributed by atoms with E-state index in [-0.39, 0.29) is 59.0 Å². The molecule has 41 heavy (non-hydrogen) atoms. The third-order valence-corrected chi connectivity index (χ3v) is 9.75. The van der Waals surface area contributed by atoms with Gasteiger partial charge in [0.2, 0.25) is 23.6 Å². The average Bonchev–Trinajstić information content (AvgIpc) is 3.65. The van der Waals surface area contributed by atoms with E-state index in [9.17, 15) is 28.8 Å². The van der Waals surface area contributed by atoms with Crippen molar-refractivity contribution in [3.63, 3.8) is 0 Å². The molecular weight excluding hydrogens is 525 g/mol. The Hall–Kier alpha value is -3.48. The first kappa shape index (κ1) is 29.0. The first-order valence-corrected chi connectivity index (χ1v) is 14.6. The Bertz CT molecular complexity index is 1300. The topological polar surface area (TPSA) is 131 Å². The van der Waals surface area contributed by atoms with Gasteiger partial charge in [0, 0.05) is 24.9 Å². The molecule has 0 radical (unpaired) electrons. The van der Waals surface area contributed by atoms with Crippen LogP contribution in [0.1, 0.15) is 65.4 Å². The van der Waals surface area contributed by atoms with Gasteiger partial charge in [-0.3, -0.25) is 19.2 Å². The van der Waals surface area contributed by atoms with Crippen LogP contribution in [0.5, 0.6) is 0 Å². The number of rotatable bonds is 8.